The molecule has 0 aliphatic carbocycles. The van der Waals surface area contributed by atoms with Crippen LogP contribution in [0.5, 0.6) is 0 Å². The zero-order valence-corrected chi connectivity index (χ0v) is 8.82. The zero-order chi connectivity index (χ0) is 11.6. The molecule has 0 rings (SSSR count). The van der Waals surface area contributed by atoms with Gasteiger partial charge in [-0.1, -0.05) is 0 Å². The Morgan fingerprint density at radius 1 is 1.29 bits per heavy atom. The maximum atomic E-state index is 10.9. The lowest BCUT2D eigenvalue weighted by atomic mass is 10.6. The van der Waals surface area contributed by atoms with E-state index in [0.717, 1.165) is 13.1 Å². The van der Waals surface area contributed by atoms with Crippen LogP contribution >= 0.6 is 0 Å². The molecule has 3 N–H and O–H groups in total. The molecule has 0 aromatic carbocycles. The third kappa shape index (κ3) is 10.5. The van der Waals surface area contributed by atoms with Crippen molar-refractivity contribution >= 4 is 12.2 Å². The zero-order valence-electron chi connectivity index (χ0n) is 8.82. The lowest BCUT2D eigenvalue weighted by Gasteiger charge is -2.16. The second-order valence-electron chi connectivity index (χ2n) is 2.21. The van der Waals surface area contributed by atoms with Gasteiger partial charge < -0.3 is 20.5 Å². The summed E-state index contributed by atoms with van der Waals surface area (Å²) < 4.78 is 4.77. The first kappa shape index (κ1) is 15.0. The first-order valence-electron chi connectivity index (χ1n) is 4.39. The van der Waals surface area contributed by atoms with Crippen LogP contribution in [0.3, 0.4) is 0 Å². The normalized spacial score (nSPS) is 8.21. The molecule has 0 aliphatic heterocycles. The molecular formula is C8H18N2O4. The van der Waals surface area contributed by atoms with Gasteiger partial charge >= 0.3 is 12.2 Å². The van der Waals surface area contributed by atoms with E-state index in [-0.39, 0.29) is 6.09 Å². The minimum absolute atomic E-state index is 0.215. The monoisotopic (exact) mass is 206 g/mol. The van der Waals surface area contributed by atoms with Gasteiger partial charge in [-0.15, -0.1) is 0 Å². The Kier molecular flexibility index (Phi) is 10.3. The summed E-state index contributed by atoms with van der Waals surface area (Å²) in [5.74, 6) is 0. The second-order valence-corrected chi connectivity index (χ2v) is 2.21. The van der Waals surface area contributed by atoms with Crippen LogP contribution in [-0.4, -0.2) is 41.9 Å². The summed E-state index contributed by atoms with van der Waals surface area (Å²) in [6, 6.07) is 0. The van der Waals surface area contributed by atoms with Crippen LogP contribution in [0.2, 0.25) is 0 Å². The Bertz CT molecular complexity index is 165. The molecule has 0 spiro atoms. The van der Waals surface area contributed by atoms with Crippen LogP contribution in [0, 0.1) is 0 Å². The van der Waals surface area contributed by atoms with Gasteiger partial charge in [0, 0.05) is 13.1 Å². The van der Waals surface area contributed by atoms with E-state index in [0.29, 0.717) is 6.61 Å². The summed E-state index contributed by atoms with van der Waals surface area (Å²) in [5, 5.41) is 7.19. The highest BCUT2D eigenvalue weighted by atomic mass is 16.6. The number of amides is 2. The predicted octanol–water partition coefficient (Wildman–Crippen LogP) is 1.11. The molecule has 0 heterocycles. The molecule has 84 valence electrons. The van der Waals surface area contributed by atoms with Crippen molar-refractivity contribution in [1.82, 2.24) is 4.90 Å². The lowest BCUT2D eigenvalue weighted by Crippen LogP contribution is -2.30. The molecule has 0 unspecified atom stereocenters. The highest BCUT2D eigenvalue weighted by Gasteiger charge is 2.07. The molecule has 0 radical (unpaired) electrons. The number of nitrogens with two attached hydrogens (primary N) is 1. The molecule has 14 heavy (non-hydrogen) atoms. The van der Waals surface area contributed by atoms with Crippen LogP contribution in [-0.2, 0) is 4.74 Å². The molecular weight excluding hydrogens is 188 g/mol. The molecule has 0 aliphatic rings. The quantitative estimate of drug-likeness (QED) is 0.723. The van der Waals surface area contributed by atoms with Crippen molar-refractivity contribution in [3.05, 3.63) is 0 Å². The number of ether oxygens (including phenoxy) is 1. The summed E-state index contributed by atoms with van der Waals surface area (Å²) in [4.78, 5) is 21.3. The maximum Gasteiger partial charge on any atom is 0.409 e. The van der Waals surface area contributed by atoms with Crippen LogP contribution < -0.4 is 5.73 Å². The maximum absolute atomic E-state index is 10.9. The van der Waals surface area contributed by atoms with E-state index < -0.39 is 6.09 Å². The number of carbonyl (C=O) groups excluding carboxylic acids is 1. The van der Waals surface area contributed by atoms with Gasteiger partial charge in [-0.2, -0.15) is 0 Å². The Labute approximate surface area is 83.6 Å². The fourth-order valence-corrected chi connectivity index (χ4v) is 0.697. The summed E-state index contributed by atoms with van der Waals surface area (Å²) in [5.41, 5.74) is 4.03. The van der Waals surface area contributed by atoms with Crippen molar-refractivity contribution in [1.29, 1.82) is 0 Å². The number of hydrogen-bond donors (Lipinski definition) is 2. The van der Waals surface area contributed by atoms with Crippen LogP contribution in [0.4, 0.5) is 9.59 Å². The Morgan fingerprint density at radius 3 is 1.86 bits per heavy atom. The predicted molar refractivity (Wildman–Crippen MR) is 52.2 cm³/mol. The van der Waals surface area contributed by atoms with Crippen molar-refractivity contribution in [2.24, 2.45) is 5.73 Å². The molecule has 2 amide bonds. The summed E-state index contributed by atoms with van der Waals surface area (Å²) >= 11 is 0. The van der Waals surface area contributed by atoms with Gasteiger partial charge in [0.25, 0.3) is 0 Å². The number of carboxylic acid groups (broad SMARTS) is 1. The van der Waals surface area contributed by atoms with E-state index >= 15 is 0 Å². The van der Waals surface area contributed by atoms with Crippen LogP contribution in [0.25, 0.3) is 0 Å². The van der Waals surface area contributed by atoms with Crippen molar-refractivity contribution in [2.45, 2.75) is 20.8 Å². The third-order valence-electron chi connectivity index (χ3n) is 1.29. The number of primary amides is 1. The Morgan fingerprint density at radius 2 is 1.64 bits per heavy atom. The van der Waals surface area contributed by atoms with E-state index in [4.69, 9.17) is 14.6 Å². The summed E-state index contributed by atoms with van der Waals surface area (Å²) in [6.45, 7) is 7.56. The average molecular weight is 206 g/mol. The highest BCUT2D eigenvalue weighted by molar-refractivity contribution is 5.67. The molecule has 0 atom stereocenters. The van der Waals surface area contributed by atoms with Gasteiger partial charge in [0.15, 0.2) is 0 Å². The van der Waals surface area contributed by atoms with E-state index in [1.165, 1.54) is 0 Å². The van der Waals surface area contributed by atoms with Crippen molar-refractivity contribution in [3.63, 3.8) is 0 Å². The van der Waals surface area contributed by atoms with Gasteiger partial charge in [-0.05, 0) is 20.8 Å². The fourth-order valence-electron chi connectivity index (χ4n) is 0.697. The minimum atomic E-state index is -1.33. The minimum Gasteiger partial charge on any atom is -0.465 e. The largest absolute Gasteiger partial charge is 0.465 e. The van der Waals surface area contributed by atoms with Crippen molar-refractivity contribution < 1.29 is 19.4 Å². The number of nitrogens with zero attached hydrogens (tertiary/aromatic N) is 1. The molecule has 0 aromatic rings. The second kappa shape index (κ2) is 9.63. The van der Waals surface area contributed by atoms with E-state index in [1.807, 2.05) is 13.8 Å². The molecule has 0 bridgehead atoms. The fraction of sp³-hybridized carbons (Fsp3) is 0.750. The molecule has 0 fully saturated rings. The molecule has 6 nitrogen and oxygen atoms in total. The van der Waals surface area contributed by atoms with Gasteiger partial charge in [0.05, 0.1) is 6.61 Å². The molecule has 0 saturated carbocycles. The average Bonchev–Trinajstić information content (AvgIpc) is 2.06. The van der Waals surface area contributed by atoms with Crippen molar-refractivity contribution in [2.75, 3.05) is 19.7 Å². The molecule has 6 heteroatoms. The Hall–Kier alpha value is -1.46. The smallest absolute Gasteiger partial charge is 0.409 e. The van der Waals surface area contributed by atoms with E-state index in [9.17, 15) is 4.79 Å². The van der Waals surface area contributed by atoms with Crippen LogP contribution in [0.1, 0.15) is 20.8 Å². The highest BCUT2D eigenvalue weighted by Crippen LogP contribution is 1.91. The summed E-state index contributed by atoms with van der Waals surface area (Å²) in [7, 11) is 0. The Balaban J connectivity index is 0. The number of rotatable bonds is 3. The van der Waals surface area contributed by atoms with Gasteiger partial charge in [0.1, 0.15) is 0 Å². The SMILES string of the molecule is CCOC(=O)N(CC)CC.NC(=O)O. The standard InChI is InChI=1S/C7H15NO2.CH3NO2/c1-4-8(5-2)7(9)10-6-3;2-1(3)4/h4-6H2,1-3H3;2H2,(H,3,4). The van der Waals surface area contributed by atoms with E-state index in [1.54, 1.807) is 11.8 Å². The number of hydrogen-bond acceptors (Lipinski definition) is 3. The third-order valence-corrected chi connectivity index (χ3v) is 1.29. The number of carbonyl (C=O) groups is 2. The first-order chi connectivity index (χ1) is 6.49. The van der Waals surface area contributed by atoms with Crippen molar-refractivity contribution in [3.8, 4) is 0 Å². The topological polar surface area (TPSA) is 92.9 Å². The molecule has 0 aromatic heterocycles. The molecule has 0 saturated heterocycles. The van der Waals surface area contributed by atoms with Gasteiger partial charge in [-0.3, -0.25) is 0 Å². The van der Waals surface area contributed by atoms with Gasteiger partial charge in [-0.25, -0.2) is 9.59 Å². The summed E-state index contributed by atoms with van der Waals surface area (Å²) in [6.07, 6.45) is -1.55. The lowest BCUT2D eigenvalue weighted by molar-refractivity contribution is 0.111. The van der Waals surface area contributed by atoms with E-state index in [2.05, 4.69) is 5.73 Å². The first-order valence-corrected chi connectivity index (χ1v) is 4.39. The van der Waals surface area contributed by atoms with Crippen LogP contribution in [0.15, 0.2) is 0 Å². The van der Waals surface area contributed by atoms with Gasteiger partial charge in [0.2, 0.25) is 0 Å².